The number of allylic oxidation sites excluding steroid dienone is 2. The molecule has 0 heterocycles. The van der Waals surface area contributed by atoms with Crippen LogP contribution in [-0.2, 0) is 11.3 Å². The molecular weight excluding hydrogens is 266 g/mol. The summed E-state index contributed by atoms with van der Waals surface area (Å²) in [6.07, 6.45) is 2.88. The van der Waals surface area contributed by atoms with Crippen LogP contribution in [0.2, 0.25) is 0 Å². The Morgan fingerprint density at radius 2 is 1.85 bits per heavy atom. The summed E-state index contributed by atoms with van der Waals surface area (Å²) in [7, 11) is 0. The topological polar surface area (TPSA) is 29.1 Å². The van der Waals surface area contributed by atoms with E-state index in [1.54, 1.807) is 0 Å². The van der Waals surface area contributed by atoms with Gasteiger partial charge in [0, 0.05) is 17.2 Å². The number of nitrogens with one attached hydrogen (secondary N) is 1. The lowest BCUT2D eigenvalue weighted by molar-refractivity contribution is -0.109. The van der Waals surface area contributed by atoms with Crippen molar-refractivity contribution in [1.82, 2.24) is 5.32 Å². The molecule has 1 N–H and O–H groups in total. The van der Waals surface area contributed by atoms with Crippen LogP contribution >= 0.6 is 11.8 Å². The first-order chi connectivity index (χ1) is 9.58. The lowest BCUT2D eigenvalue weighted by atomic mass is 10.1. The van der Waals surface area contributed by atoms with Gasteiger partial charge in [-0.05, 0) is 38.8 Å². The highest BCUT2D eigenvalue weighted by molar-refractivity contribution is 8.08. The van der Waals surface area contributed by atoms with E-state index >= 15 is 0 Å². The Hall–Kier alpha value is -1.48. The van der Waals surface area contributed by atoms with E-state index in [-0.39, 0.29) is 0 Å². The van der Waals surface area contributed by atoms with Crippen LogP contribution < -0.4 is 5.32 Å². The SMILES string of the molecule is C/C=C(/C)CSC(=C(C)C)c1ccc(CNC=O)cc1. The molecule has 1 rings (SSSR count). The first-order valence-electron chi connectivity index (χ1n) is 6.77. The molecule has 0 aliphatic carbocycles. The molecule has 20 heavy (non-hydrogen) atoms. The number of hydrogen-bond donors (Lipinski definition) is 1. The Balaban J connectivity index is 2.83. The van der Waals surface area contributed by atoms with Crippen LogP contribution in [0.4, 0.5) is 0 Å². The van der Waals surface area contributed by atoms with Crippen LogP contribution in [0.25, 0.3) is 4.91 Å². The summed E-state index contributed by atoms with van der Waals surface area (Å²) in [5.41, 5.74) is 5.08. The van der Waals surface area contributed by atoms with Gasteiger partial charge in [0.15, 0.2) is 0 Å². The largest absolute Gasteiger partial charge is 0.355 e. The molecule has 0 aliphatic heterocycles. The van der Waals surface area contributed by atoms with Gasteiger partial charge < -0.3 is 5.32 Å². The smallest absolute Gasteiger partial charge is 0.207 e. The predicted octanol–water partition coefficient (Wildman–Crippen LogP) is 4.38. The summed E-state index contributed by atoms with van der Waals surface area (Å²) in [5, 5.41) is 2.68. The number of thioether (sulfide) groups is 1. The van der Waals surface area contributed by atoms with Crippen LogP contribution in [0.3, 0.4) is 0 Å². The van der Waals surface area contributed by atoms with E-state index in [9.17, 15) is 4.79 Å². The molecule has 1 amide bonds. The molecule has 1 aromatic rings. The molecule has 2 nitrogen and oxygen atoms in total. The zero-order valence-corrected chi connectivity index (χ0v) is 13.5. The lowest BCUT2D eigenvalue weighted by Gasteiger charge is -2.11. The Bertz CT molecular complexity index is 496. The molecule has 0 fully saturated rings. The van der Waals surface area contributed by atoms with Crippen molar-refractivity contribution >= 4 is 23.1 Å². The third kappa shape index (κ3) is 5.25. The van der Waals surface area contributed by atoms with Crippen LogP contribution in [0.15, 0.2) is 41.5 Å². The van der Waals surface area contributed by atoms with Crippen LogP contribution in [-0.4, -0.2) is 12.2 Å². The maximum absolute atomic E-state index is 10.3. The molecule has 1 aromatic carbocycles. The third-order valence-corrected chi connectivity index (χ3v) is 4.53. The van der Waals surface area contributed by atoms with E-state index in [1.807, 2.05) is 11.8 Å². The van der Waals surface area contributed by atoms with Crippen molar-refractivity contribution in [3.63, 3.8) is 0 Å². The second-order valence-corrected chi connectivity index (χ2v) is 5.93. The molecule has 0 saturated heterocycles. The normalized spacial score (nSPS) is 11.1. The van der Waals surface area contributed by atoms with Gasteiger partial charge in [0.2, 0.25) is 6.41 Å². The van der Waals surface area contributed by atoms with Gasteiger partial charge in [-0.3, -0.25) is 4.79 Å². The van der Waals surface area contributed by atoms with Crippen molar-refractivity contribution in [3.8, 4) is 0 Å². The van der Waals surface area contributed by atoms with E-state index in [0.29, 0.717) is 6.54 Å². The number of hydrogen-bond acceptors (Lipinski definition) is 2. The van der Waals surface area contributed by atoms with Crippen LogP contribution in [0, 0.1) is 0 Å². The molecule has 3 heteroatoms. The standard InChI is InChI=1S/C17H23NOS/c1-5-14(4)11-20-17(13(2)3)16-8-6-15(7-9-16)10-18-12-19/h5-9,12H,10-11H2,1-4H3,(H,18,19)/b14-5-. The molecule has 0 atom stereocenters. The molecule has 108 valence electrons. The maximum Gasteiger partial charge on any atom is 0.207 e. The number of carbonyl (C=O) groups is 1. The predicted molar refractivity (Wildman–Crippen MR) is 89.5 cm³/mol. The van der Waals surface area contributed by atoms with Crippen molar-refractivity contribution in [2.45, 2.75) is 34.2 Å². The Morgan fingerprint density at radius 1 is 1.20 bits per heavy atom. The van der Waals surface area contributed by atoms with Crippen molar-refractivity contribution in [1.29, 1.82) is 0 Å². The minimum atomic E-state index is 0.582. The van der Waals surface area contributed by atoms with Gasteiger partial charge in [-0.25, -0.2) is 0 Å². The first kappa shape index (κ1) is 16.6. The lowest BCUT2D eigenvalue weighted by Crippen LogP contribution is -2.09. The maximum atomic E-state index is 10.3. The first-order valence-corrected chi connectivity index (χ1v) is 7.75. The summed E-state index contributed by atoms with van der Waals surface area (Å²) in [6.45, 7) is 9.11. The molecule has 0 aliphatic rings. The van der Waals surface area contributed by atoms with Crippen LogP contribution in [0.1, 0.15) is 38.8 Å². The zero-order valence-electron chi connectivity index (χ0n) is 12.7. The number of benzene rings is 1. The van der Waals surface area contributed by atoms with Gasteiger partial charge in [0.05, 0.1) is 0 Å². The monoisotopic (exact) mass is 289 g/mol. The minimum Gasteiger partial charge on any atom is -0.355 e. The van der Waals surface area contributed by atoms with Gasteiger partial charge in [-0.15, -0.1) is 11.8 Å². The number of rotatable bonds is 7. The van der Waals surface area contributed by atoms with E-state index in [4.69, 9.17) is 0 Å². The van der Waals surface area contributed by atoms with Crippen LogP contribution in [0.5, 0.6) is 0 Å². The van der Waals surface area contributed by atoms with E-state index in [1.165, 1.54) is 21.6 Å². The molecule has 0 spiro atoms. The molecule has 0 unspecified atom stereocenters. The fraction of sp³-hybridized carbons (Fsp3) is 0.353. The quantitative estimate of drug-likeness (QED) is 0.596. The number of amides is 1. The van der Waals surface area contributed by atoms with E-state index < -0.39 is 0 Å². The molecule has 0 saturated carbocycles. The van der Waals surface area contributed by atoms with Gasteiger partial charge in [0.25, 0.3) is 0 Å². The fourth-order valence-electron chi connectivity index (χ4n) is 1.72. The summed E-state index contributed by atoms with van der Waals surface area (Å²) in [5.74, 6) is 1.02. The average Bonchev–Trinajstić information content (AvgIpc) is 2.45. The Morgan fingerprint density at radius 3 is 2.35 bits per heavy atom. The molecular formula is C17H23NOS. The molecule has 0 bridgehead atoms. The second-order valence-electron chi connectivity index (χ2n) is 4.95. The van der Waals surface area contributed by atoms with Gasteiger partial charge >= 0.3 is 0 Å². The summed E-state index contributed by atoms with van der Waals surface area (Å²) >= 11 is 1.88. The summed E-state index contributed by atoms with van der Waals surface area (Å²) < 4.78 is 0. The van der Waals surface area contributed by atoms with Gasteiger partial charge in [-0.1, -0.05) is 41.5 Å². The van der Waals surface area contributed by atoms with Crippen molar-refractivity contribution < 1.29 is 4.79 Å². The minimum absolute atomic E-state index is 0.582. The number of carbonyl (C=O) groups excluding carboxylic acids is 1. The van der Waals surface area contributed by atoms with Crippen molar-refractivity contribution in [2.24, 2.45) is 0 Å². The summed E-state index contributed by atoms with van der Waals surface area (Å²) in [6, 6.07) is 8.39. The Labute approximate surface area is 126 Å². The fourth-order valence-corrected chi connectivity index (χ4v) is 2.85. The van der Waals surface area contributed by atoms with E-state index in [2.05, 4.69) is 63.4 Å². The zero-order chi connectivity index (χ0) is 15.0. The second kappa shape index (κ2) is 8.64. The van der Waals surface area contributed by atoms with Crippen molar-refractivity contribution in [2.75, 3.05) is 5.75 Å². The van der Waals surface area contributed by atoms with Crippen molar-refractivity contribution in [3.05, 3.63) is 52.6 Å². The van der Waals surface area contributed by atoms with Gasteiger partial charge in [0.1, 0.15) is 0 Å². The van der Waals surface area contributed by atoms with Gasteiger partial charge in [-0.2, -0.15) is 0 Å². The summed E-state index contributed by atoms with van der Waals surface area (Å²) in [4.78, 5) is 11.6. The highest BCUT2D eigenvalue weighted by Crippen LogP contribution is 2.32. The molecule has 0 aromatic heterocycles. The molecule has 0 radical (unpaired) electrons. The average molecular weight is 289 g/mol. The highest BCUT2D eigenvalue weighted by Gasteiger charge is 2.05. The third-order valence-electron chi connectivity index (χ3n) is 3.00. The highest BCUT2D eigenvalue weighted by atomic mass is 32.2. The van der Waals surface area contributed by atoms with E-state index in [0.717, 1.165) is 17.7 Å². The Kier molecular flexibility index (Phi) is 7.16.